The zero-order valence-electron chi connectivity index (χ0n) is 12.9. The van der Waals surface area contributed by atoms with Crippen LogP contribution in [0.5, 0.6) is 5.75 Å². The fourth-order valence-electron chi connectivity index (χ4n) is 1.53. The molecule has 0 aliphatic heterocycles. The Morgan fingerprint density at radius 3 is 2.17 bits per heavy atom. The highest BCUT2D eigenvalue weighted by molar-refractivity contribution is 5.53. The number of likely N-dealkylation sites (N-methyl/N-ethyl adjacent to an activating group) is 2. The maximum Gasteiger partial charge on any atom is 0.123 e. The average molecular weight is 252 g/mol. The maximum absolute atomic E-state index is 5.32. The first-order chi connectivity index (χ1) is 8.54. The van der Waals surface area contributed by atoms with Crippen molar-refractivity contribution in [3.8, 4) is 5.75 Å². The molecule has 104 valence electrons. The molecule has 0 N–H and O–H groups in total. The molecule has 0 fully saturated rings. The van der Waals surface area contributed by atoms with Gasteiger partial charge in [-0.15, -0.1) is 0 Å². The summed E-state index contributed by atoms with van der Waals surface area (Å²) >= 11 is 0. The first kappa shape index (κ1) is 16.8. The number of benzene rings is 1. The van der Waals surface area contributed by atoms with Gasteiger partial charge in [0.05, 0.1) is 7.11 Å². The number of nitrogens with zero attached hydrogens (tertiary/aromatic N) is 2. The lowest BCUT2D eigenvalue weighted by atomic mass is 10.2. The summed E-state index contributed by atoms with van der Waals surface area (Å²) in [6.45, 7) is 8.12. The fourth-order valence-corrected chi connectivity index (χ4v) is 1.53. The van der Waals surface area contributed by atoms with Crippen LogP contribution in [0.25, 0.3) is 0 Å². The monoisotopic (exact) mass is 252 g/mol. The van der Waals surface area contributed by atoms with E-state index in [4.69, 9.17) is 4.74 Å². The first-order valence-electron chi connectivity index (χ1n) is 6.55. The van der Waals surface area contributed by atoms with Crippen LogP contribution >= 0.6 is 0 Å². The molecule has 3 heteroatoms. The first-order valence-corrected chi connectivity index (χ1v) is 6.55. The number of hydrogen-bond donors (Lipinski definition) is 0. The summed E-state index contributed by atoms with van der Waals surface area (Å²) in [5, 5.41) is 0. The van der Waals surface area contributed by atoms with Crippen molar-refractivity contribution in [3.63, 3.8) is 0 Å². The summed E-state index contributed by atoms with van der Waals surface area (Å²) in [5.74, 6) is 0.953. The van der Waals surface area contributed by atoms with Gasteiger partial charge in [-0.25, -0.2) is 0 Å². The van der Waals surface area contributed by atoms with Gasteiger partial charge < -0.3 is 14.5 Å². The summed E-state index contributed by atoms with van der Waals surface area (Å²) in [7, 11) is 7.99. The predicted octanol–water partition coefficient (Wildman–Crippen LogP) is 3.03. The second-order valence-electron chi connectivity index (χ2n) is 4.38. The zero-order chi connectivity index (χ0) is 14.1. The van der Waals surface area contributed by atoms with E-state index in [1.54, 1.807) is 7.11 Å². The van der Waals surface area contributed by atoms with E-state index < -0.39 is 0 Å². The van der Waals surface area contributed by atoms with Crippen LogP contribution in [0.15, 0.2) is 18.2 Å². The molecule has 0 saturated heterocycles. The summed E-state index contributed by atoms with van der Waals surface area (Å²) < 4.78 is 5.32. The Balaban J connectivity index is 0.00000137. The van der Waals surface area contributed by atoms with E-state index in [9.17, 15) is 0 Å². The van der Waals surface area contributed by atoms with Crippen LogP contribution < -0.4 is 9.64 Å². The molecule has 0 saturated carbocycles. The third-order valence-electron chi connectivity index (χ3n) is 2.72. The van der Waals surface area contributed by atoms with E-state index in [1.165, 1.54) is 11.3 Å². The minimum Gasteiger partial charge on any atom is -0.496 e. The Morgan fingerprint density at radius 2 is 1.67 bits per heavy atom. The Bertz CT molecular complexity index is 337. The third-order valence-corrected chi connectivity index (χ3v) is 2.72. The molecule has 1 aromatic rings. The number of rotatable bonds is 5. The standard InChI is InChI=1S/C13H22N2O.C2H6/c1-11-6-7-12(10-13(11)16-5)15(4)9-8-14(2)3;1-2/h6-7,10H,8-9H2,1-5H3;1-2H3. The molecule has 0 amide bonds. The SMILES string of the molecule is CC.COc1cc(N(C)CCN(C)C)ccc1C. The van der Waals surface area contributed by atoms with Gasteiger partial charge in [-0.05, 0) is 32.6 Å². The molecule has 3 nitrogen and oxygen atoms in total. The number of aryl methyl sites for hydroxylation is 1. The van der Waals surface area contributed by atoms with Crippen molar-refractivity contribution >= 4 is 5.69 Å². The molecule has 0 aliphatic rings. The van der Waals surface area contributed by atoms with E-state index >= 15 is 0 Å². The van der Waals surface area contributed by atoms with E-state index in [0.717, 1.165) is 18.8 Å². The third kappa shape index (κ3) is 5.41. The molecule has 18 heavy (non-hydrogen) atoms. The van der Waals surface area contributed by atoms with Crippen LogP contribution in [-0.2, 0) is 0 Å². The van der Waals surface area contributed by atoms with Gasteiger partial charge in [-0.1, -0.05) is 19.9 Å². The maximum atomic E-state index is 5.32. The van der Waals surface area contributed by atoms with Crippen LogP contribution in [0.1, 0.15) is 19.4 Å². The van der Waals surface area contributed by atoms with E-state index in [-0.39, 0.29) is 0 Å². The van der Waals surface area contributed by atoms with Gasteiger partial charge >= 0.3 is 0 Å². The smallest absolute Gasteiger partial charge is 0.123 e. The Morgan fingerprint density at radius 1 is 1.06 bits per heavy atom. The zero-order valence-corrected chi connectivity index (χ0v) is 12.9. The van der Waals surface area contributed by atoms with Gasteiger partial charge in [0.15, 0.2) is 0 Å². The summed E-state index contributed by atoms with van der Waals surface area (Å²) in [6, 6.07) is 6.32. The van der Waals surface area contributed by atoms with Crippen LogP contribution in [-0.4, -0.2) is 46.2 Å². The van der Waals surface area contributed by atoms with E-state index in [0.29, 0.717) is 0 Å². The van der Waals surface area contributed by atoms with Crippen molar-refractivity contribution in [3.05, 3.63) is 23.8 Å². The highest BCUT2D eigenvalue weighted by atomic mass is 16.5. The van der Waals surface area contributed by atoms with Crippen molar-refractivity contribution in [1.29, 1.82) is 0 Å². The molecule has 0 aliphatic carbocycles. The molecule has 1 aromatic carbocycles. The van der Waals surface area contributed by atoms with E-state index in [2.05, 4.69) is 56.1 Å². The molecule has 0 heterocycles. The van der Waals surface area contributed by atoms with Gasteiger partial charge in [-0.3, -0.25) is 0 Å². The molecule has 1 rings (SSSR count). The molecule has 0 aromatic heterocycles. The normalized spacial score (nSPS) is 9.78. The molecular weight excluding hydrogens is 224 g/mol. The lowest BCUT2D eigenvalue weighted by Gasteiger charge is -2.22. The minimum absolute atomic E-state index is 0.953. The highest BCUT2D eigenvalue weighted by Crippen LogP contribution is 2.24. The van der Waals surface area contributed by atoms with Gasteiger partial charge in [-0.2, -0.15) is 0 Å². The van der Waals surface area contributed by atoms with Crippen molar-refractivity contribution in [1.82, 2.24) is 4.90 Å². The van der Waals surface area contributed by atoms with Crippen molar-refractivity contribution in [2.24, 2.45) is 0 Å². The van der Waals surface area contributed by atoms with Gasteiger partial charge in [0.2, 0.25) is 0 Å². The van der Waals surface area contributed by atoms with Crippen molar-refractivity contribution in [2.45, 2.75) is 20.8 Å². The second-order valence-corrected chi connectivity index (χ2v) is 4.38. The quantitative estimate of drug-likeness (QED) is 0.801. The van der Waals surface area contributed by atoms with Crippen LogP contribution in [0.2, 0.25) is 0 Å². The summed E-state index contributed by atoms with van der Waals surface area (Å²) in [4.78, 5) is 4.42. The molecule has 0 unspecified atom stereocenters. The van der Waals surface area contributed by atoms with E-state index in [1.807, 2.05) is 13.8 Å². The highest BCUT2D eigenvalue weighted by Gasteiger charge is 2.04. The summed E-state index contributed by atoms with van der Waals surface area (Å²) in [6.07, 6.45) is 0. The topological polar surface area (TPSA) is 15.7 Å². The summed E-state index contributed by atoms with van der Waals surface area (Å²) in [5.41, 5.74) is 2.37. The Kier molecular flexibility index (Phi) is 8.21. The number of anilines is 1. The van der Waals surface area contributed by atoms with Gasteiger partial charge in [0, 0.05) is 31.9 Å². The molecule has 0 spiro atoms. The molecule has 0 radical (unpaired) electrons. The second kappa shape index (κ2) is 8.81. The van der Waals surface area contributed by atoms with Gasteiger partial charge in [0.25, 0.3) is 0 Å². The van der Waals surface area contributed by atoms with Crippen molar-refractivity contribution < 1.29 is 4.74 Å². The van der Waals surface area contributed by atoms with Crippen LogP contribution in [0.3, 0.4) is 0 Å². The number of ether oxygens (including phenoxy) is 1. The molecular formula is C15H28N2O. The molecule has 0 bridgehead atoms. The lowest BCUT2D eigenvalue weighted by Crippen LogP contribution is -2.28. The Hall–Kier alpha value is -1.22. The van der Waals surface area contributed by atoms with Crippen molar-refractivity contribution in [2.75, 3.05) is 46.2 Å². The molecule has 0 atom stereocenters. The lowest BCUT2D eigenvalue weighted by molar-refractivity contribution is 0.410. The average Bonchev–Trinajstić information content (AvgIpc) is 2.38. The predicted molar refractivity (Wildman–Crippen MR) is 80.9 cm³/mol. The minimum atomic E-state index is 0.953. The van der Waals surface area contributed by atoms with Crippen LogP contribution in [0, 0.1) is 6.92 Å². The van der Waals surface area contributed by atoms with Gasteiger partial charge in [0.1, 0.15) is 5.75 Å². The number of hydrogen-bond acceptors (Lipinski definition) is 3. The largest absolute Gasteiger partial charge is 0.496 e. The van der Waals surface area contributed by atoms with Crippen LogP contribution in [0.4, 0.5) is 5.69 Å². The number of methoxy groups -OCH3 is 1. The fraction of sp³-hybridized carbons (Fsp3) is 0.600. The Labute approximate surface area is 112 Å².